The van der Waals surface area contributed by atoms with E-state index in [1.807, 2.05) is 30.3 Å². The Morgan fingerprint density at radius 2 is 1.42 bits per heavy atom. The molecular formula is C23H26N2O. The highest BCUT2D eigenvalue weighted by molar-refractivity contribution is 5.63. The fourth-order valence-electron chi connectivity index (χ4n) is 2.82. The Morgan fingerprint density at radius 1 is 0.846 bits per heavy atom. The van der Waals surface area contributed by atoms with Crippen LogP contribution in [0.5, 0.6) is 5.75 Å². The van der Waals surface area contributed by atoms with Crippen molar-refractivity contribution < 1.29 is 4.74 Å². The smallest absolute Gasteiger partial charge is 0.119 e. The molecule has 0 aliphatic carbocycles. The fraction of sp³-hybridized carbons (Fsp3) is 0.217. The number of nitrogens with two attached hydrogens (primary N) is 1. The van der Waals surface area contributed by atoms with Crippen molar-refractivity contribution in [3.63, 3.8) is 0 Å². The van der Waals surface area contributed by atoms with Gasteiger partial charge in [0.2, 0.25) is 0 Å². The zero-order valence-corrected chi connectivity index (χ0v) is 15.4. The van der Waals surface area contributed by atoms with Gasteiger partial charge in [0.05, 0.1) is 0 Å². The summed E-state index contributed by atoms with van der Waals surface area (Å²) in [5.41, 5.74) is 10.5. The van der Waals surface area contributed by atoms with Gasteiger partial charge >= 0.3 is 0 Å². The van der Waals surface area contributed by atoms with E-state index >= 15 is 0 Å². The van der Waals surface area contributed by atoms with E-state index in [1.54, 1.807) is 0 Å². The molecular weight excluding hydrogens is 320 g/mol. The lowest BCUT2D eigenvalue weighted by Crippen LogP contribution is -2.11. The van der Waals surface area contributed by atoms with Gasteiger partial charge in [0.15, 0.2) is 0 Å². The minimum absolute atomic E-state index is 0.385. The van der Waals surface area contributed by atoms with Gasteiger partial charge in [0, 0.05) is 18.4 Å². The van der Waals surface area contributed by atoms with E-state index in [2.05, 4.69) is 67.4 Å². The van der Waals surface area contributed by atoms with E-state index < -0.39 is 0 Å². The Morgan fingerprint density at radius 3 is 2.00 bits per heavy atom. The molecule has 1 unspecified atom stereocenters. The molecule has 0 saturated carbocycles. The monoisotopic (exact) mass is 346 g/mol. The Balaban J connectivity index is 1.64. The van der Waals surface area contributed by atoms with E-state index in [0.717, 1.165) is 17.1 Å². The molecule has 3 heteroatoms. The average molecular weight is 346 g/mol. The van der Waals surface area contributed by atoms with Crippen molar-refractivity contribution in [1.82, 2.24) is 0 Å². The standard InChI is InChI=1S/C23H26N2O/c1-18(16-24)20-8-10-21(11-9-20)25(2)22-12-14-23(15-13-22)26-17-19-6-4-3-5-7-19/h3-15,18H,16-17,24H2,1-2H3. The van der Waals surface area contributed by atoms with Gasteiger partial charge in [-0.15, -0.1) is 0 Å². The van der Waals surface area contributed by atoms with Crippen molar-refractivity contribution in [2.24, 2.45) is 5.73 Å². The molecule has 2 N–H and O–H groups in total. The summed E-state index contributed by atoms with van der Waals surface area (Å²) >= 11 is 0. The zero-order valence-electron chi connectivity index (χ0n) is 15.4. The molecule has 0 radical (unpaired) electrons. The number of nitrogens with zero attached hydrogens (tertiary/aromatic N) is 1. The van der Waals surface area contributed by atoms with E-state index in [4.69, 9.17) is 10.5 Å². The lowest BCUT2D eigenvalue weighted by atomic mass is 10.0. The van der Waals surface area contributed by atoms with Crippen molar-refractivity contribution in [1.29, 1.82) is 0 Å². The summed E-state index contributed by atoms with van der Waals surface area (Å²) < 4.78 is 5.86. The van der Waals surface area contributed by atoms with Gasteiger partial charge in [-0.25, -0.2) is 0 Å². The van der Waals surface area contributed by atoms with Gasteiger partial charge in [-0.2, -0.15) is 0 Å². The quantitative estimate of drug-likeness (QED) is 0.647. The maximum absolute atomic E-state index is 5.86. The Hall–Kier alpha value is -2.78. The molecule has 0 bridgehead atoms. The lowest BCUT2D eigenvalue weighted by molar-refractivity contribution is 0.306. The molecule has 134 valence electrons. The predicted molar refractivity (Wildman–Crippen MR) is 109 cm³/mol. The second-order valence-electron chi connectivity index (χ2n) is 6.56. The third-order valence-electron chi connectivity index (χ3n) is 4.68. The van der Waals surface area contributed by atoms with Gasteiger partial charge in [-0.1, -0.05) is 49.4 Å². The molecule has 0 aromatic heterocycles. The van der Waals surface area contributed by atoms with Crippen LogP contribution in [0.15, 0.2) is 78.9 Å². The molecule has 0 spiro atoms. The van der Waals surface area contributed by atoms with Crippen LogP contribution in [-0.2, 0) is 6.61 Å². The molecule has 1 atom stereocenters. The normalized spacial score (nSPS) is 11.8. The first-order valence-electron chi connectivity index (χ1n) is 8.98. The maximum atomic E-state index is 5.86. The first-order valence-corrected chi connectivity index (χ1v) is 8.98. The van der Waals surface area contributed by atoms with E-state index in [-0.39, 0.29) is 0 Å². The van der Waals surface area contributed by atoms with E-state index in [1.165, 1.54) is 11.1 Å². The molecule has 26 heavy (non-hydrogen) atoms. The van der Waals surface area contributed by atoms with Crippen molar-refractivity contribution in [2.45, 2.75) is 19.4 Å². The largest absolute Gasteiger partial charge is 0.489 e. The van der Waals surface area contributed by atoms with Crippen LogP contribution in [0, 0.1) is 0 Å². The summed E-state index contributed by atoms with van der Waals surface area (Å²) in [5, 5.41) is 0. The minimum Gasteiger partial charge on any atom is -0.489 e. The molecule has 0 fully saturated rings. The molecule has 0 amide bonds. The van der Waals surface area contributed by atoms with Crippen LogP contribution in [0.25, 0.3) is 0 Å². The van der Waals surface area contributed by atoms with Crippen LogP contribution in [0.1, 0.15) is 24.0 Å². The fourth-order valence-corrected chi connectivity index (χ4v) is 2.82. The van der Waals surface area contributed by atoms with Gasteiger partial charge < -0.3 is 15.4 Å². The minimum atomic E-state index is 0.385. The lowest BCUT2D eigenvalue weighted by Gasteiger charge is -2.21. The summed E-state index contributed by atoms with van der Waals surface area (Å²) in [5.74, 6) is 1.26. The maximum Gasteiger partial charge on any atom is 0.119 e. The number of hydrogen-bond acceptors (Lipinski definition) is 3. The van der Waals surface area contributed by atoms with Crippen molar-refractivity contribution >= 4 is 11.4 Å². The van der Waals surface area contributed by atoms with E-state index in [9.17, 15) is 0 Å². The van der Waals surface area contributed by atoms with Crippen LogP contribution in [0.2, 0.25) is 0 Å². The predicted octanol–water partition coefficient (Wildman–Crippen LogP) is 5.10. The van der Waals surface area contributed by atoms with Gasteiger partial charge in [0.1, 0.15) is 12.4 Å². The van der Waals surface area contributed by atoms with Gasteiger partial charge in [-0.05, 0) is 60.0 Å². The topological polar surface area (TPSA) is 38.5 Å². The highest BCUT2D eigenvalue weighted by Gasteiger charge is 2.07. The van der Waals surface area contributed by atoms with E-state index in [0.29, 0.717) is 19.1 Å². The second-order valence-corrected chi connectivity index (χ2v) is 6.56. The SMILES string of the molecule is CC(CN)c1ccc(N(C)c2ccc(OCc3ccccc3)cc2)cc1. The molecule has 0 aliphatic rings. The number of hydrogen-bond donors (Lipinski definition) is 1. The van der Waals surface area contributed by atoms with Crippen molar-refractivity contribution in [3.05, 3.63) is 90.0 Å². The first-order chi connectivity index (χ1) is 12.7. The Bertz CT molecular complexity index is 798. The third kappa shape index (κ3) is 4.44. The second kappa shape index (κ2) is 8.54. The molecule has 3 aromatic rings. The highest BCUT2D eigenvalue weighted by Crippen LogP contribution is 2.27. The molecule has 3 rings (SSSR count). The van der Waals surface area contributed by atoms with Gasteiger partial charge in [-0.3, -0.25) is 0 Å². The van der Waals surface area contributed by atoms with Crippen LogP contribution < -0.4 is 15.4 Å². The van der Waals surface area contributed by atoms with Crippen LogP contribution >= 0.6 is 0 Å². The number of anilines is 2. The number of rotatable bonds is 7. The Kier molecular flexibility index (Phi) is 5.92. The van der Waals surface area contributed by atoms with Crippen LogP contribution in [0.3, 0.4) is 0 Å². The number of ether oxygens (including phenoxy) is 1. The summed E-state index contributed by atoms with van der Waals surface area (Å²) in [6.45, 7) is 3.39. The van der Waals surface area contributed by atoms with Crippen molar-refractivity contribution in [2.75, 3.05) is 18.5 Å². The average Bonchev–Trinajstić information content (AvgIpc) is 2.72. The highest BCUT2D eigenvalue weighted by atomic mass is 16.5. The van der Waals surface area contributed by atoms with Crippen molar-refractivity contribution in [3.8, 4) is 5.75 Å². The molecule has 0 saturated heterocycles. The molecule has 0 aliphatic heterocycles. The summed E-state index contributed by atoms with van der Waals surface area (Å²) in [6.07, 6.45) is 0. The molecule has 0 heterocycles. The summed E-state index contributed by atoms with van der Waals surface area (Å²) in [6, 6.07) is 27.0. The summed E-state index contributed by atoms with van der Waals surface area (Å²) in [4.78, 5) is 2.16. The zero-order chi connectivity index (χ0) is 18.4. The Labute approximate surface area is 156 Å². The van der Waals surface area contributed by atoms with Crippen LogP contribution in [0.4, 0.5) is 11.4 Å². The van der Waals surface area contributed by atoms with Gasteiger partial charge in [0.25, 0.3) is 0 Å². The molecule has 3 nitrogen and oxygen atoms in total. The third-order valence-corrected chi connectivity index (χ3v) is 4.68. The first kappa shape index (κ1) is 18.0. The van der Waals surface area contributed by atoms with Crippen LogP contribution in [-0.4, -0.2) is 13.6 Å². The summed E-state index contributed by atoms with van der Waals surface area (Å²) in [7, 11) is 2.07. The number of benzene rings is 3. The molecule has 3 aromatic carbocycles.